The summed E-state index contributed by atoms with van der Waals surface area (Å²) in [5.74, 6) is -0.543. The maximum absolute atomic E-state index is 13.9. The second kappa shape index (κ2) is 13.0. The second-order valence-corrected chi connectivity index (χ2v) is 11.8. The predicted molar refractivity (Wildman–Crippen MR) is 160 cm³/mol. The standard InChI is InChI=1S/C31H33N3O8S/c1-7-40-25-19-22(29(35)39-6)27(42-30-32-17-10-18-33-30)26(28(25)41-24-12-9-8-11-23(24)38-5)34-43(36,37)21-15-13-20(14-16-21)31(2,3)4/h8-19,34H,7H2,1-6H3. The molecular formula is C31H33N3O8S. The first kappa shape index (κ1) is 31.1. The van der Waals surface area contributed by atoms with Crippen LogP contribution in [0.3, 0.4) is 0 Å². The Labute approximate surface area is 250 Å². The summed E-state index contributed by atoms with van der Waals surface area (Å²) in [4.78, 5) is 21.1. The number of hydrogen-bond acceptors (Lipinski definition) is 10. The van der Waals surface area contributed by atoms with Gasteiger partial charge >= 0.3 is 12.0 Å². The van der Waals surface area contributed by atoms with Crippen molar-refractivity contribution in [3.63, 3.8) is 0 Å². The van der Waals surface area contributed by atoms with E-state index >= 15 is 0 Å². The number of nitrogens with zero attached hydrogens (tertiary/aromatic N) is 2. The van der Waals surface area contributed by atoms with Crippen molar-refractivity contribution in [1.29, 1.82) is 0 Å². The number of hydrogen-bond donors (Lipinski definition) is 1. The molecule has 0 unspecified atom stereocenters. The summed E-state index contributed by atoms with van der Waals surface area (Å²) in [7, 11) is -1.64. The Kier molecular flexibility index (Phi) is 9.40. The normalized spacial score (nSPS) is 11.4. The lowest BCUT2D eigenvalue weighted by Crippen LogP contribution is -2.17. The smallest absolute Gasteiger partial charge is 0.341 e. The van der Waals surface area contributed by atoms with E-state index in [1.807, 2.05) is 20.8 Å². The number of anilines is 1. The molecule has 1 heterocycles. The van der Waals surface area contributed by atoms with Crippen LogP contribution < -0.4 is 23.7 Å². The fourth-order valence-corrected chi connectivity index (χ4v) is 5.08. The Bertz CT molecular complexity index is 1690. The Balaban J connectivity index is 1.99. The number of sulfonamides is 1. The van der Waals surface area contributed by atoms with Crippen molar-refractivity contribution < 1.29 is 36.9 Å². The Hall–Kier alpha value is -4.84. The molecule has 0 bridgehead atoms. The molecule has 3 aromatic carbocycles. The molecule has 11 nitrogen and oxygen atoms in total. The lowest BCUT2D eigenvalue weighted by molar-refractivity contribution is 0.0597. The van der Waals surface area contributed by atoms with Crippen LogP contribution in [-0.4, -0.2) is 45.2 Å². The third kappa shape index (κ3) is 7.15. The summed E-state index contributed by atoms with van der Waals surface area (Å²) in [5.41, 5.74) is 0.350. The summed E-state index contributed by atoms with van der Waals surface area (Å²) >= 11 is 0. The van der Waals surface area contributed by atoms with Gasteiger partial charge in [-0.2, -0.15) is 0 Å². The van der Waals surface area contributed by atoms with E-state index < -0.39 is 16.0 Å². The van der Waals surface area contributed by atoms with Crippen molar-refractivity contribution in [3.05, 3.63) is 84.2 Å². The maximum atomic E-state index is 13.9. The van der Waals surface area contributed by atoms with Gasteiger partial charge in [0.25, 0.3) is 10.0 Å². The van der Waals surface area contributed by atoms with E-state index in [1.54, 1.807) is 49.4 Å². The molecule has 0 atom stereocenters. The molecule has 0 spiro atoms. The van der Waals surface area contributed by atoms with E-state index in [1.165, 1.54) is 44.8 Å². The van der Waals surface area contributed by atoms with Crippen molar-refractivity contribution in [3.8, 4) is 34.8 Å². The van der Waals surface area contributed by atoms with Crippen molar-refractivity contribution in [2.45, 2.75) is 38.0 Å². The van der Waals surface area contributed by atoms with Crippen LogP contribution in [0.15, 0.2) is 78.0 Å². The van der Waals surface area contributed by atoms with E-state index in [9.17, 15) is 13.2 Å². The number of carbonyl (C=O) groups is 1. The monoisotopic (exact) mass is 607 g/mol. The topological polar surface area (TPSA) is 135 Å². The van der Waals surface area contributed by atoms with Gasteiger partial charge in [-0.05, 0) is 48.2 Å². The van der Waals surface area contributed by atoms with Crippen LogP contribution in [0, 0.1) is 0 Å². The summed E-state index contributed by atoms with van der Waals surface area (Å²) in [6, 6.07) is 16.0. The minimum absolute atomic E-state index is 0.0351. The third-order valence-electron chi connectivity index (χ3n) is 6.19. The van der Waals surface area contributed by atoms with Gasteiger partial charge < -0.3 is 23.7 Å². The lowest BCUT2D eigenvalue weighted by atomic mass is 9.87. The number of benzene rings is 3. The van der Waals surface area contributed by atoms with Gasteiger partial charge in [0.05, 0.1) is 25.7 Å². The molecule has 226 valence electrons. The first-order valence-electron chi connectivity index (χ1n) is 13.3. The molecule has 0 amide bonds. The Morgan fingerprint density at radius 2 is 1.51 bits per heavy atom. The van der Waals surface area contributed by atoms with Crippen LogP contribution in [0.5, 0.6) is 34.8 Å². The number of methoxy groups -OCH3 is 2. The van der Waals surface area contributed by atoms with Crippen LogP contribution >= 0.6 is 0 Å². The number of rotatable bonds is 11. The van der Waals surface area contributed by atoms with Crippen molar-refractivity contribution >= 4 is 21.7 Å². The zero-order valence-corrected chi connectivity index (χ0v) is 25.5. The first-order chi connectivity index (χ1) is 20.5. The number of aromatic nitrogens is 2. The molecule has 0 saturated heterocycles. The molecule has 0 radical (unpaired) electrons. The number of nitrogens with one attached hydrogen (secondary N) is 1. The van der Waals surface area contributed by atoms with Crippen LogP contribution in [0.25, 0.3) is 0 Å². The zero-order chi connectivity index (χ0) is 31.2. The molecule has 43 heavy (non-hydrogen) atoms. The van der Waals surface area contributed by atoms with Crippen LogP contribution in [0.2, 0.25) is 0 Å². The molecule has 0 aliphatic rings. The number of ether oxygens (including phenoxy) is 5. The number of esters is 1. The molecule has 1 N–H and O–H groups in total. The molecular weight excluding hydrogens is 574 g/mol. The van der Waals surface area contributed by atoms with Gasteiger partial charge in [-0.3, -0.25) is 4.72 Å². The van der Waals surface area contributed by atoms with Crippen LogP contribution in [0.4, 0.5) is 5.69 Å². The molecule has 0 aliphatic carbocycles. The fraction of sp³-hybridized carbons (Fsp3) is 0.258. The van der Waals surface area contributed by atoms with E-state index in [0.29, 0.717) is 5.75 Å². The highest BCUT2D eigenvalue weighted by Crippen LogP contribution is 2.50. The van der Waals surface area contributed by atoms with Gasteiger partial charge in [0.2, 0.25) is 0 Å². The fourth-order valence-electron chi connectivity index (χ4n) is 4.02. The minimum Gasteiger partial charge on any atom is -0.493 e. The highest BCUT2D eigenvalue weighted by atomic mass is 32.2. The van der Waals surface area contributed by atoms with Crippen molar-refractivity contribution in [2.75, 3.05) is 25.5 Å². The molecule has 1 aromatic heterocycles. The van der Waals surface area contributed by atoms with Gasteiger partial charge in [0.15, 0.2) is 28.7 Å². The SMILES string of the molecule is CCOc1cc(C(=O)OC)c(Oc2ncccn2)c(NS(=O)(=O)c2ccc(C(C)(C)C)cc2)c1Oc1ccccc1OC. The number of para-hydroxylation sites is 2. The van der Waals surface area contributed by atoms with Crippen LogP contribution in [0.1, 0.15) is 43.6 Å². The predicted octanol–water partition coefficient (Wildman–Crippen LogP) is 6.35. The largest absolute Gasteiger partial charge is 0.493 e. The van der Waals surface area contributed by atoms with Gasteiger partial charge in [-0.25, -0.2) is 23.2 Å². The average Bonchev–Trinajstić information content (AvgIpc) is 2.99. The van der Waals surface area contributed by atoms with Gasteiger partial charge in [-0.1, -0.05) is 45.0 Å². The highest BCUT2D eigenvalue weighted by molar-refractivity contribution is 7.92. The summed E-state index contributed by atoms with van der Waals surface area (Å²) in [6.45, 7) is 7.97. The molecule has 0 saturated carbocycles. The molecule has 4 aromatic rings. The first-order valence-corrected chi connectivity index (χ1v) is 14.8. The highest BCUT2D eigenvalue weighted by Gasteiger charge is 2.31. The average molecular weight is 608 g/mol. The van der Waals surface area contributed by atoms with Crippen molar-refractivity contribution in [1.82, 2.24) is 9.97 Å². The molecule has 0 fully saturated rings. The second-order valence-electron chi connectivity index (χ2n) is 10.1. The molecule has 0 aliphatic heterocycles. The van der Waals surface area contributed by atoms with Crippen molar-refractivity contribution in [2.24, 2.45) is 0 Å². The zero-order valence-electron chi connectivity index (χ0n) is 24.7. The maximum Gasteiger partial charge on any atom is 0.341 e. The van der Waals surface area contributed by atoms with Gasteiger partial charge in [-0.15, -0.1) is 0 Å². The summed E-state index contributed by atoms with van der Waals surface area (Å²) in [6.07, 6.45) is 2.86. The molecule has 4 rings (SSSR count). The summed E-state index contributed by atoms with van der Waals surface area (Å²) in [5, 5.41) is 0. The van der Waals surface area contributed by atoms with Gasteiger partial charge in [0, 0.05) is 18.5 Å². The van der Waals surface area contributed by atoms with Gasteiger partial charge in [0.1, 0.15) is 11.3 Å². The Morgan fingerprint density at radius 1 is 0.860 bits per heavy atom. The van der Waals surface area contributed by atoms with E-state index in [2.05, 4.69) is 14.7 Å². The minimum atomic E-state index is -4.29. The van der Waals surface area contributed by atoms with Crippen LogP contribution in [-0.2, 0) is 20.2 Å². The Morgan fingerprint density at radius 3 is 2.09 bits per heavy atom. The lowest BCUT2D eigenvalue weighted by Gasteiger charge is -2.22. The number of carbonyl (C=O) groups excluding carboxylic acids is 1. The summed E-state index contributed by atoms with van der Waals surface area (Å²) < 4.78 is 58.8. The molecule has 12 heteroatoms. The third-order valence-corrected chi connectivity index (χ3v) is 7.55. The van der Waals surface area contributed by atoms with E-state index in [4.69, 9.17) is 23.7 Å². The van der Waals surface area contributed by atoms with E-state index in [-0.39, 0.29) is 57.2 Å². The quantitative estimate of drug-likeness (QED) is 0.192. The van der Waals surface area contributed by atoms with E-state index in [0.717, 1.165) is 5.56 Å².